The maximum Gasteiger partial charge on any atom is 0.244 e. The minimum atomic E-state index is -3.76. The van der Waals surface area contributed by atoms with Gasteiger partial charge in [0.05, 0.1) is 11.4 Å². The topological polar surface area (TPSA) is 64.0 Å². The Morgan fingerprint density at radius 1 is 0.966 bits per heavy atom. The van der Waals surface area contributed by atoms with Gasteiger partial charge in [-0.25, -0.2) is 13.1 Å². The van der Waals surface area contributed by atoms with Crippen LogP contribution in [0.25, 0.3) is 10.6 Å². The third-order valence-corrected chi connectivity index (χ3v) is 6.87. The van der Waals surface area contributed by atoms with E-state index in [-0.39, 0.29) is 11.4 Å². The van der Waals surface area contributed by atoms with E-state index in [9.17, 15) is 8.42 Å². The van der Waals surface area contributed by atoms with Crippen LogP contribution in [0.15, 0.2) is 83.2 Å². The molecule has 0 aliphatic rings. The third kappa shape index (κ3) is 4.76. The summed E-state index contributed by atoms with van der Waals surface area (Å²) in [4.78, 5) is 0.980. The summed E-state index contributed by atoms with van der Waals surface area (Å²) >= 11 is 7.36. The van der Waals surface area contributed by atoms with Crippen molar-refractivity contribution in [3.63, 3.8) is 0 Å². The molecule has 0 saturated carbocycles. The second kappa shape index (κ2) is 8.51. The summed E-state index contributed by atoms with van der Waals surface area (Å²) in [5, 5.41) is 7.09. The number of halogens is 1. The molecule has 0 radical (unpaired) electrons. The number of hydrogen-bond donors (Lipinski definition) is 1. The zero-order valence-corrected chi connectivity index (χ0v) is 17.7. The Balaban J connectivity index is 1.64. The van der Waals surface area contributed by atoms with Gasteiger partial charge in [-0.05, 0) is 34.7 Å². The molecule has 29 heavy (non-hydrogen) atoms. The van der Waals surface area contributed by atoms with Gasteiger partial charge in [-0.3, -0.25) is 4.68 Å². The van der Waals surface area contributed by atoms with Crippen molar-refractivity contribution in [3.05, 3.63) is 94.5 Å². The van der Waals surface area contributed by atoms with Gasteiger partial charge in [-0.15, -0.1) is 11.3 Å². The van der Waals surface area contributed by atoms with Crippen LogP contribution in [-0.4, -0.2) is 18.2 Å². The van der Waals surface area contributed by atoms with Crippen LogP contribution in [-0.2, 0) is 23.1 Å². The highest BCUT2D eigenvalue weighted by atomic mass is 35.5. The van der Waals surface area contributed by atoms with Crippen LogP contribution in [0.4, 0.5) is 0 Å². The predicted octanol–water partition coefficient (Wildman–Crippen LogP) is 4.79. The van der Waals surface area contributed by atoms with E-state index >= 15 is 0 Å². The van der Waals surface area contributed by atoms with Crippen LogP contribution >= 0.6 is 22.9 Å². The Hall–Kier alpha value is -2.45. The molecule has 4 rings (SSSR count). The van der Waals surface area contributed by atoms with Gasteiger partial charge in [0.25, 0.3) is 0 Å². The van der Waals surface area contributed by atoms with Crippen molar-refractivity contribution >= 4 is 33.0 Å². The SMILES string of the molecule is O=S(=O)(NCc1ccc(Cl)cc1)c1cn(Cc2ccccc2)nc1-c1cccs1. The molecule has 5 nitrogen and oxygen atoms in total. The normalized spacial score (nSPS) is 11.6. The lowest BCUT2D eigenvalue weighted by molar-refractivity contribution is 0.581. The summed E-state index contributed by atoms with van der Waals surface area (Å²) in [5.74, 6) is 0. The first kappa shape index (κ1) is 19.8. The zero-order chi connectivity index (χ0) is 20.3. The Kier molecular flexibility index (Phi) is 5.82. The summed E-state index contributed by atoms with van der Waals surface area (Å²) in [7, 11) is -3.76. The number of rotatable bonds is 7. The van der Waals surface area contributed by atoms with E-state index in [1.165, 1.54) is 11.3 Å². The lowest BCUT2D eigenvalue weighted by atomic mass is 10.2. The summed E-state index contributed by atoms with van der Waals surface area (Å²) in [5.41, 5.74) is 2.33. The Bertz CT molecular complexity index is 1190. The molecule has 0 bridgehead atoms. The molecule has 0 fully saturated rings. The first-order valence-electron chi connectivity index (χ1n) is 8.91. The van der Waals surface area contributed by atoms with Crippen LogP contribution in [0.3, 0.4) is 0 Å². The molecule has 148 valence electrons. The van der Waals surface area contributed by atoms with Crippen LogP contribution < -0.4 is 4.72 Å². The number of benzene rings is 2. The molecule has 0 saturated heterocycles. The molecule has 0 spiro atoms. The minimum absolute atomic E-state index is 0.171. The van der Waals surface area contributed by atoms with E-state index < -0.39 is 10.0 Å². The largest absolute Gasteiger partial charge is 0.266 e. The van der Waals surface area contributed by atoms with Crippen molar-refractivity contribution in [1.29, 1.82) is 0 Å². The van der Waals surface area contributed by atoms with Crippen molar-refractivity contribution < 1.29 is 8.42 Å². The Labute approximate surface area is 178 Å². The first-order valence-corrected chi connectivity index (χ1v) is 11.6. The van der Waals surface area contributed by atoms with Gasteiger partial charge < -0.3 is 0 Å². The number of nitrogens with zero attached hydrogens (tertiary/aromatic N) is 2. The van der Waals surface area contributed by atoms with E-state index in [2.05, 4.69) is 9.82 Å². The minimum Gasteiger partial charge on any atom is -0.266 e. The Morgan fingerprint density at radius 2 is 1.72 bits per heavy atom. The molecule has 0 atom stereocenters. The molecule has 2 heterocycles. The van der Waals surface area contributed by atoms with Crippen LogP contribution in [0.5, 0.6) is 0 Å². The molecule has 0 amide bonds. The van der Waals surface area contributed by atoms with Crippen LogP contribution in [0.2, 0.25) is 5.02 Å². The lowest BCUT2D eigenvalue weighted by Crippen LogP contribution is -2.23. The molecule has 2 aromatic carbocycles. The summed E-state index contributed by atoms with van der Waals surface area (Å²) in [6.07, 6.45) is 1.59. The fraction of sp³-hybridized carbons (Fsp3) is 0.0952. The van der Waals surface area contributed by atoms with E-state index in [1.54, 1.807) is 35.1 Å². The lowest BCUT2D eigenvalue weighted by Gasteiger charge is -2.06. The third-order valence-electron chi connectivity index (χ3n) is 4.34. The molecule has 0 aliphatic carbocycles. The highest BCUT2D eigenvalue weighted by Gasteiger charge is 2.24. The van der Waals surface area contributed by atoms with Gasteiger partial charge in [0.1, 0.15) is 10.6 Å². The fourth-order valence-electron chi connectivity index (χ4n) is 2.89. The second-order valence-electron chi connectivity index (χ2n) is 6.45. The molecular formula is C21H18ClN3O2S2. The number of nitrogens with one attached hydrogen (secondary N) is 1. The smallest absolute Gasteiger partial charge is 0.244 e. The average molecular weight is 444 g/mol. The zero-order valence-electron chi connectivity index (χ0n) is 15.3. The molecule has 2 aromatic heterocycles. The molecular weight excluding hydrogens is 426 g/mol. The van der Waals surface area contributed by atoms with Crippen molar-refractivity contribution in [1.82, 2.24) is 14.5 Å². The van der Waals surface area contributed by atoms with Crippen molar-refractivity contribution in [2.75, 3.05) is 0 Å². The highest BCUT2D eigenvalue weighted by Crippen LogP contribution is 2.30. The first-order chi connectivity index (χ1) is 14.0. The van der Waals surface area contributed by atoms with Gasteiger partial charge in [-0.1, -0.05) is 60.1 Å². The summed E-state index contributed by atoms with van der Waals surface area (Å²) in [6.45, 7) is 0.666. The van der Waals surface area contributed by atoms with Gasteiger partial charge in [0.2, 0.25) is 10.0 Å². The monoisotopic (exact) mass is 443 g/mol. The molecule has 0 unspecified atom stereocenters. The van der Waals surface area contributed by atoms with E-state index in [1.807, 2.05) is 47.8 Å². The average Bonchev–Trinajstić information content (AvgIpc) is 3.38. The quantitative estimate of drug-likeness (QED) is 0.446. The van der Waals surface area contributed by atoms with Gasteiger partial charge in [0, 0.05) is 17.8 Å². The molecule has 8 heteroatoms. The second-order valence-corrected chi connectivity index (χ2v) is 9.57. The standard InChI is InChI=1S/C21H18ClN3O2S2/c22-18-10-8-16(9-11-18)13-23-29(26,27)20-15-25(14-17-5-2-1-3-6-17)24-21(20)19-7-4-12-28-19/h1-12,15,23H,13-14H2. The number of sulfonamides is 1. The van der Waals surface area contributed by atoms with E-state index in [0.29, 0.717) is 17.3 Å². The molecule has 4 aromatic rings. The molecule has 1 N–H and O–H groups in total. The summed E-state index contributed by atoms with van der Waals surface area (Å²) in [6, 6.07) is 20.6. The van der Waals surface area contributed by atoms with Crippen molar-refractivity contribution in [3.8, 4) is 10.6 Å². The Morgan fingerprint density at radius 3 is 2.41 bits per heavy atom. The number of thiophene rings is 1. The van der Waals surface area contributed by atoms with Gasteiger partial charge in [0.15, 0.2) is 0 Å². The van der Waals surface area contributed by atoms with E-state index in [0.717, 1.165) is 16.0 Å². The van der Waals surface area contributed by atoms with Crippen LogP contribution in [0.1, 0.15) is 11.1 Å². The highest BCUT2D eigenvalue weighted by molar-refractivity contribution is 7.89. The van der Waals surface area contributed by atoms with E-state index in [4.69, 9.17) is 11.6 Å². The van der Waals surface area contributed by atoms with Crippen molar-refractivity contribution in [2.45, 2.75) is 18.0 Å². The van der Waals surface area contributed by atoms with Gasteiger partial charge in [-0.2, -0.15) is 5.10 Å². The maximum atomic E-state index is 13.1. The van der Waals surface area contributed by atoms with Gasteiger partial charge >= 0.3 is 0 Å². The number of aromatic nitrogens is 2. The summed E-state index contributed by atoms with van der Waals surface area (Å²) < 4.78 is 30.5. The van der Waals surface area contributed by atoms with Crippen molar-refractivity contribution in [2.24, 2.45) is 0 Å². The molecule has 0 aliphatic heterocycles. The van der Waals surface area contributed by atoms with Crippen LogP contribution in [0, 0.1) is 0 Å². The maximum absolute atomic E-state index is 13.1. The number of hydrogen-bond acceptors (Lipinski definition) is 4. The fourth-order valence-corrected chi connectivity index (χ4v) is 4.99. The predicted molar refractivity (Wildman–Crippen MR) is 117 cm³/mol.